The van der Waals surface area contributed by atoms with Gasteiger partial charge in [-0.2, -0.15) is 0 Å². The molecule has 0 atom stereocenters. The van der Waals surface area contributed by atoms with Gasteiger partial charge in [-0.25, -0.2) is 0 Å². The van der Waals surface area contributed by atoms with E-state index in [0.717, 1.165) is 12.8 Å². The summed E-state index contributed by atoms with van der Waals surface area (Å²) in [5, 5.41) is 0. The standard InChI is InChI=1S/C21H42N2O2/c1-7-8-19(4)14-21(16-24-11-9-22,17-25-12-10-23)15-20(5,6)13-18(2)3/h7,18H,9-17,22-23H2,1-6H3. The van der Waals surface area contributed by atoms with Crippen molar-refractivity contribution in [2.24, 2.45) is 28.2 Å². The van der Waals surface area contributed by atoms with Crippen LogP contribution in [0.4, 0.5) is 0 Å². The first-order chi connectivity index (χ1) is 11.7. The van der Waals surface area contributed by atoms with Gasteiger partial charge in [-0.15, -0.1) is 5.73 Å². The average molecular weight is 355 g/mol. The zero-order valence-electron chi connectivity index (χ0n) is 17.5. The third kappa shape index (κ3) is 11.6. The minimum atomic E-state index is -0.0805. The van der Waals surface area contributed by atoms with Crippen molar-refractivity contribution in [1.82, 2.24) is 0 Å². The molecule has 0 aromatic carbocycles. The van der Waals surface area contributed by atoms with Crippen molar-refractivity contribution in [3.8, 4) is 0 Å². The predicted molar refractivity (Wildman–Crippen MR) is 108 cm³/mol. The van der Waals surface area contributed by atoms with Crippen molar-refractivity contribution in [2.45, 2.75) is 60.8 Å². The molecule has 0 aliphatic carbocycles. The van der Waals surface area contributed by atoms with Gasteiger partial charge in [-0.1, -0.05) is 27.7 Å². The van der Waals surface area contributed by atoms with Crippen molar-refractivity contribution in [1.29, 1.82) is 0 Å². The molecule has 0 heterocycles. The van der Waals surface area contributed by atoms with Crippen LogP contribution in [0.25, 0.3) is 0 Å². The van der Waals surface area contributed by atoms with Gasteiger partial charge in [0, 0.05) is 18.5 Å². The Balaban J connectivity index is 5.49. The second kappa shape index (κ2) is 12.7. The van der Waals surface area contributed by atoms with Gasteiger partial charge in [0.2, 0.25) is 0 Å². The summed E-state index contributed by atoms with van der Waals surface area (Å²) in [4.78, 5) is 0. The highest BCUT2D eigenvalue weighted by molar-refractivity contribution is 5.04. The van der Waals surface area contributed by atoms with Gasteiger partial charge in [0.05, 0.1) is 26.4 Å². The van der Waals surface area contributed by atoms with E-state index < -0.39 is 0 Å². The zero-order valence-corrected chi connectivity index (χ0v) is 17.5. The molecule has 0 aromatic rings. The third-order valence-corrected chi connectivity index (χ3v) is 4.19. The first-order valence-corrected chi connectivity index (χ1v) is 9.63. The van der Waals surface area contributed by atoms with E-state index in [4.69, 9.17) is 20.9 Å². The lowest BCUT2D eigenvalue weighted by Gasteiger charge is -2.41. The van der Waals surface area contributed by atoms with E-state index in [1.165, 1.54) is 12.0 Å². The van der Waals surface area contributed by atoms with E-state index in [9.17, 15) is 0 Å². The fourth-order valence-electron chi connectivity index (χ4n) is 4.10. The maximum Gasteiger partial charge on any atom is 0.0589 e. The van der Waals surface area contributed by atoms with Gasteiger partial charge in [0.1, 0.15) is 0 Å². The molecule has 0 aliphatic rings. The predicted octanol–water partition coefficient (Wildman–Crippen LogP) is 3.90. The summed E-state index contributed by atoms with van der Waals surface area (Å²) in [6, 6.07) is 0. The Labute approximate surface area is 156 Å². The summed E-state index contributed by atoms with van der Waals surface area (Å²) < 4.78 is 11.8. The molecule has 0 bridgehead atoms. The number of ether oxygens (including phenoxy) is 2. The Morgan fingerprint density at radius 1 is 1.08 bits per heavy atom. The summed E-state index contributed by atoms with van der Waals surface area (Å²) in [5.41, 5.74) is 16.0. The number of nitrogens with two attached hydrogens (primary N) is 2. The molecule has 25 heavy (non-hydrogen) atoms. The molecule has 4 N–H and O–H groups in total. The normalized spacial score (nSPS) is 12.4. The summed E-state index contributed by atoms with van der Waals surface area (Å²) in [5.74, 6) is 0.662. The zero-order chi connectivity index (χ0) is 19.3. The Kier molecular flexibility index (Phi) is 12.3. The Bertz CT molecular complexity index is 400. The molecule has 0 amide bonds. The van der Waals surface area contributed by atoms with Gasteiger partial charge < -0.3 is 20.9 Å². The number of rotatable bonds is 14. The average Bonchev–Trinajstić information content (AvgIpc) is 2.46. The Morgan fingerprint density at radius 3 is 2.00 bits per heavy atom. The quantitative estimate of drug-likeness (QED) is 0.367. The van der Waals surface area contributed by atoms with Crippen LogP contribution in [0, 0.1) is 16.7 Å². The van der Waals surface area contributed by atoms with Gasteiger partial charge in [-0.05, 0) is 56.1 Å². The van der Waals surface area contributed by atoms with Crippen LogP contribution in [0.1, 0.15) is 60.8 Å². The maximum atomic E-state index is 5.92. The molecular formula is C21H42N2O2. The molecule has 0 aromatic heterocycles. The summed E-state index contributed by atoms with van der Waals surface area (Å²) >= 11 is 0. The minimum Gasteiger partial charge on any atom is -0.379 e. The molecule has 0 spiro atoms. The first-order valence-electron chi connectivity index (χ1n) is 9.63. The molecule has 0 saturated heterocycles. The summed E-state index contributed by atoms with van der Waals surface area (Å²) in [7, 11) is 0. The monoisotopic (exact) mass is 354 g/mol. The van der Waals surface area contributed by atoms with Crippen LogP contribution < -0.4 is 11.5 Å². The highest BCUT2D eigenvalue weighted by atomic mass is 16.5. The molecule has 0 unspecified atom stereocenters. The van der Waals surface area contributed by atoms with Crippen LogP contribution in [0.15, 0.2) is 17.4 Å². The van der Waals surface area contributed by atoms with Crippen LogP contribution >= 0.6 is 0 Å². The molecule has 148 valence electrons. The van der Waals surface area contributed by atoms with Crippen molar-refractivity contribution < 1.29 is 9.47 Å². The highest BCUT2D eigenvalue weighted by Crippen LogP contribution is 2.42. The molecule has 0 fully saturated rings. The van der Waals surface area contributed by atoms with Crippen LogP contribution in [-0.4, -0.2) is 39.5 Å². The molecule has 0 rings (SSSR count). The summed E-state index contributed by atoms with van der Waals surface area (Å²) in [6.45, 7) is 16.9. The maximum absolute atomic E-state index is 5.92. The number of hydrogen-bond donors (Lipinski definition) is 2. The lowest BCUT2D eigenvalue weighted by Crippen LogP contribution is -2.39. The molecule has 4 nitrogen and oxygen atoms in total. The fraction of sp³-hybridized carbons (Fsp3) is 0.857. The molecule has 0 radical (unpaired) electrons. The summed E-state index contributed by atoms with van der Waals surface area (Å²) in [6.07, 6.45) is 5.10. The minimum absolute atomic E-state index is 0.0805. The van der Waals surface area contributed by atoms with E-state index in [1.807, 2.05) is 13.0 Å². The van der Waals surface area contributed by atoms with Gasteiger partial charge >= 0.3 is 0 Å². The van der Waals surface area contributed by atoms with Crippen molar-refractivity contribution in [3.05, 3.63) is 17.4 Å². The molecule has 0 saturated carbocycles. The van der Waals surface area contributed by atoms with Gasteiger partial charge in [0.25, 0.3) is 0 Å². The third-order valence-electron chi connectivity index (χ3n) is 4.19. The molecule has 4 heteroatoms. The largest absolute Gasteiger partial charge is 0.379 e. The van der Waals surface area contributed by atoms with Crippen molar-refractivity contribution in [2.75, 3.05) is 39.5 Å². The SMILES string of the molecule is CC=C=C(C)CC(COCCN)(COCCN)CC(C)(C)CC(C)C. The molecular weight excluding hydrogens is 312 g/mol. The molecule has 0 aliphatic heterocycles. The smallest absolute Gasteiger partial charge is 0.0589 e. The van der Waals surface area contributed by atoms with E-state index in [0.29, 0.717) is 45.4 Å². The topological polar surface area (TPSA) is 70.5 Å². The van der Waals surface area contributed by atoms with Crippen LogP contribution in [0.5, 0.6) is 0 Å². The van der Waals surface area contributed by atoms with Crippen molar-refractivity contribution in [3.63, 3.8) is 0 Å². The Morgan fingerprint density at radius 2 is 1.60 bits per heavy atom. The van der Waals surface area contributed by atoms with E-state index in [2.05, 4.69) is 40.3 Å². The van der Waals surface area contributed by atoms with E-state index >= 15 is 0 Å². The van der Waals surface area contributed by atoms with Crippen LogP contribution in [-0.2, 0) is 9.47 Å². The highest BCUT2D eigenvalue weighted by Gasteiger charge is 2.37. The lowest BCUT2D eigenvalue weighted by atomic mass is 9.68. The van der Waals surface area contributed by atoms with Crippen molar-refractivity contribution >= 4 is 0 Å². The second-order valence-corrected chi connectivity index (χ2v) is 8.51. The van der Waals surface area contributed by atoms with Gasteiger partial charge in [-0.3, -0.25) is 0 Å². The number of allylic oxidation sites excluding steroid dienone is 1. The van der Waals surface area contributed by atoms with E-state index in [1.54, 1.807) is 0 Å². The second-order valence-electron chi connectivity index (χ2n) is 8.51. The van der Waals surface area contributed by atoms with Gasteiger partial charge in [0.15, 0.2) is 0 Å². The Hall–Kier alpha value is -0.640. The van der Waals surface area contributed by atoms with Crippen LogP contribution in [0.3, 0.4) is 0 Å². The fourth-order valence-corrected chi connectivity index (χ4v) is 4.10. The first kappa shape index (κ1) is 24.4. The number of hydrogen-bond acceptors (Lipinski definition) is 4. The van der Waals surface area contributed by atoms with Crippen LogP contribution in [0.2, 0.25) is 0 Å². The lowest BCUT2D eigenvalue weighted by molar-refractivity contribution is -0.0443. The van der Waals surface area contributed by atoms with E-state index in [-0.39, 0.29) is 10.8 Å².